The summed E-state index contributed by atoms with van der Waals surface area (Å²) in [5.41, 5.74) is 7.44. The third-order valence-electron chi connectivity index (χ3n) is 1.76. The van der Waals surface area contributed by atoms with E-state index in [4.69, 9.17) is 11.6 Å². The Balaban J connectivity index is 2.18. The Kier molecular flexibility index (Phi) is 2.67. The molecule has 0 radical (unpaired) electrons. The van der Waals surface area contributed by atoms with Crippen LogP contribution in [0.5, 0.6) is 0 Å². The van der Waals surface area contributed by atoms with Crippen LogP contribution in [0, 0.1) is 5.92 Å². The van der Waals surface area contributed by atoms with E-state index in [1.165, 1.54) is 0 Å². The standard InChI is InChI=1S/C6H14N4O/c7-6(10-8)9-3-5(11)4-1-2-4/h4-5,11H,1-3,8H2,(H3,7,9,10). The number of nitrogens with two attached hydrogens (primary N) is 2. The van der Waals surface area contributed by atoms with Gasteiger partial charge in [0.2, 0.25) is 5.96 Å². The molecule has 5 heteroatoms. The summed E-state index contributed by atoms with van der Waals surface area (Å²) in [5.74, 6) is 5.57. The molecule has 1 atom stereocenters. The lowest BCUT2D eigenvalue weighted by Crippen LogP contribution is -2.37. The molecular formula is C6H14N4O. The van der Waals surface area contributed by atoms with Crippen LogP contribution in [0.2, 0.25) is 0 Å². The summed E-state index contributed by atoms with van der Waals surface area (Å²) in [5, 5.41) is 9.30. The highest BCUT2D eigenvalue weighted by Gasteiger charge is 2.29. The fraction of sp³-hybridized carbons (Fsp3) is 0.833. The number of nitrogens with one attached hydrogen (secondary N) is 1. The van der Waals surface area contributed by atoms with Crippen molar-refractivity contribution in [1.82, 2.24) is 5.43 Å². The Morgan fingerprint density at radius 3 is 2.82 bits per heavy atom. The molecule has 11 heavy (non-hydrogen) atoms. The molecule has 0 amide bonds. The van der Waals surface area contributed by atoms with Crippen LogP contribution in [-0.2, 0) is 0 Å². The SMILES string of the molecule is NNC(N)=NCC(O)C1CC1. The van der Waals surface area contributed by atoms with Crippen LogP contribution in [0.4, 0.5) is 0 Å². The second-order valence-corrected chi connectivity index (χ2v) is 2.78. The molecule has 0 spiro atoms. The van der Waals surface area contributed by atoms with Crippen molar-refractivity contribution >= 4 is 5.96 Å². The third kappa shape index (κ3) is 2.73. The predicted molar refractivity (Wildman–Crippen MR) is 42.5 cm³/mol. The molecule has 6 N–H and O–H groups in total. The second-order valence-electron chi connectivity index (χ2n) is 2.78. The average molecular weight is 158 g/mol. The Bertz CT molecular complexity index is 155. The van der Waals surface area contributed by atoms with Crippen molar-refractivity contribution in [1.29, 1.82) is 0 Å². The summed E-state index contributed by atoms with van der Waals surface area (Å²) in [4.78, 5) is 3.81. The summed E-state index contributed by atoms with van der Waals surface area (Å²) >= 11 is 0. The number of rotatable bonds is 3. The lowest BCUT2D eigenvalue weighted by atomic mass is 10.2. The molecule has 1 rings (SSSR count). The number of aliphatic imine (C=N–C) groups is 1. The van der Waals surface area contributed by atoms with Crippen molar-refractivity contribution in [2.24, 2.45) is 22.5 Å². The van der Waals surface area contributed by atoms with Gasteiger partial charge in [0.05, 0.1) is 12.6 Å². The highest BCUT2D eigenvalue weighted by atomic mass is 16.3. The first-order valence-corrected chi connectivity index (χ1v) is 3.68. The Hall–Kier alpha value is -0.810. The molecule has 64 valence electrons. The van der Waals surface area contributed by atoms with Crippen molar-refractivity contribution in [3.63, 3.8) is 0 Å². The van der Waals surface area contributed by atoms with E-state index in [0.717, 1.165) is 12.8 Å². The Labute approximate surface area is 65.4 Å². The molecule has 0 aliphatic heterocycles. The van der Waals surface area contributed by atoms with Crippen molar-refractivity contribution < 1.29 is 5.11 Å². The minimum atomic E-state index is -0.345. The van der Waals surface area contributed by atoms with Crippen LogP contribution in [0.15, 0.2) is 4.99 Å². The number of guanidine groups is 1. The van der Waals surface area contributed by atoms with Crippen molar-refractivity contribution in [3.05, 3.63) is 0 Å². The molecule has 1 aliphatic carbocycles. The summed E-state index contributed by atoms with van der Waals surface area (Å²) in [6, 6.07) is 0. The Morgan fingerprint density at radius 1 is 1.73 bits per heavy atom. The second kappa shape index (κ2) is 3.54. The van der Waals surface area contributed by atoms with Gasteiger partial charge in [0.15, 0.2) is 0 Å². The fourth-order valence-corrected chi connectivity index (χ4v) is 0.868. The maximum atomic E-state index is 9.30. The van der Waals surface area contributed by atoms with Gasteiger partial charge >= 0.3 is 0 Å². The molecule has 0 aromatic carbocycles. The van der Waals surface area contributed by atoms with Gasteiger partial charge in [0, 0.05) is 0 Å². The summed E-state index contributed by atoms with van der Waals surface area (Å²) < 4.78 is 0. The monoisotopic (exact) mass is 158 g/mol. The molecule has 0 aromatic rings. The highest BCUT2D eigenvalue weighted by molar-refractivity contribution is 5.77. The van der Waals surface area contributed by atoms with Crippen LogP contribution in [0.1, 0.15) is 12.8 Å². The normalized spacial score (nSPS) is 21.5. The van der Waals surface area contributed by atoms with Crippen molar-refractivity contribution in [2.75, 3.05) is 6.54 Å². The van der Waals surface area contributed by atoms with Crippen LogP contribution < -0.4 is 17.0 Å². The van der Waals surface area contributed by atoms with Crippen molar-refractivity contribution in [3.8, 4) is 0 Å². The van der Waals surface area contributed by atoms with E-state index in [2.05, 4.69) is 10.4 Å². The Morgan fingerprint density at radius 2 is 2.36 bits per heavy atom. The first-order valence-electron chi connectivity index (χ1n) is 3.68. The van der Waals surface area contributed by atoms with Gasteiger partial charge in [-0.3, -0.25) is 5.43 Å². The molecule has 1 fully saturated rings. The fourth-order valence-electron chi connectivity index (χ4n) is 0.868. The van der Waals surface area contributed by atoms with E-state index in [-0.39, 0.29) is 12.1 Å². The maximum absolute atomic E-state index is 9.30. The number of aliphatic hydroxyl groups is 1. The van der Waals surface area contributed by atoms with Gasteiger partial charge in [-0.15, -0.1) is 0 Å². The molecule has 0 saturated heterocycles. The number of aliphatic hydroxyl groups excluding tert-OH is 1. The molecule has 5 nitrogen and oxygen atoms in total. The minimum absolute atomic E-state index is 0.171. The first kappa shape index (κ1) is 8.29. The van der Waals surface area contributed by atoms with Gasteiger partial charge in [-0.25, -0.2) is 10.8 Å². The maximum Gasteiger partial charge on any atom is 0.203 e. The number of hydrogen-bond acceptors (Lipinski definition) is 3. The lowest BCUT2D eigenvalue weighted by Gasteiger charge is -2.05. The topological polar surface area (TPSA) is 96.7 Å². The predicted octanol–water partition coefficient (Wildman–Crippen LogP) is -1.46. The van der Waals surface area contributed by atoms with Crippen molar-refractivity contribution in [2.45, 2.75) is 18.9 Å². The molecule has 1 saturated carbocycles. The minimum Gasteiger partial charge on any atom is -0.391 e. The van der Waals surface area contributed by atoms with Gasteiger partial charge < -0.3 is 10.8 Å². The van der Waals surface area contributed by atoms with Crippen LogP contribution >= 0.6 is 0 Å². The lowest BCUT2D eigenvalue weighted by molar-refractivity contribution is 0.160. The third-order valence-corrected chi connectivity index (χ3v) is 1.76. The van der Waals surface area contributed by atoms with E-state index in [9.17, 15) is 5.11 Å². The summed E-state index contributed by atoms with van der Waals surface area (Å²) in [6.07, 6.45) is 1.86. The van der Waals surface area contributed by atoms with Gasteiger partial charge in [-0.2, -0.15) is 0 Å². The highest BCUT2D eigenvalue weighted by Crippen LogP contribution is 2.32. The summed E-state index contributed by atoms with van der Waals surface area (Å²) in [7, 11) is 0. The molecular weight excluding hydrogens is 144 g/mol. The zero-order chi connectivity index (χ0) is 8.27. The van der Waals surface area contributed by atoms with Gasteiger partial charge in [-0.05, 0) is 18.8 Å². The van der Waals surface area contributed by atoms with Crippen LogP contribution in [0.3, 0.4) is 0 Å². The summed E-state index contributed by atoms with van der Waals surface area (Å²) in [6.45, 7) is 0.348. The van der Waals surface area contributed by atoms with Crippen LogP contribution in [0.25, 0.3) is 0 Å². The van der Waals surface area contributed by atoms with E-state index in [1.54, 1.807) is 0 Å². The van der Waals surface area contributed by atoms with E-state index in [0.29, 0.717) is 12.5 Å². The molecule has 1 unspecified atom stereocenters. The molecule has 0 heterocycles. The van der Waals surface area contributed by atoms with Crippen LogP contribution in [-0.4, -0.2) is 23.7 Å². The van der Waals surface area contributed by atoms with Gasteiger partial charge in [-0.1, -0.05) is 0 Å². The zero-order valence-corrected chi connectivity index (χ0v) is 6.33. The number of hydrogen-bond donors (Lipinski definition) is 4. The molecule has 0 aromatic heterocycles. The smallest absolute Gasteiger partial charge is 0.203 e. The largest absolute Gasteiger partial charge is 0.391 e. The number of hydrazine groups is 1. The first-order chi connectivity index (χ1) is 5.24. The molecule has 0 bridgehead atoms. The van der Waals surface area contributed by atoms with E-state index < -0.39 is 0 Å². The van der Waals surface area contributed by atoms with E-state index in [1.807, 2.05) is 0 Å². The van der Waals surface area contributed by atoms with Gasteiger partial charge in [0.25, 0.3) is 0 Å². The van der Waals surface area contributed by atoms with E-state index >= 15 is 0 Å². The average Bonchev–Trinajstić information content (AvgIpc) is 2.81. The quantitative estimate of drug-likeness (QED) is 0.174. The van der Waals surface area contributed by atoms with Gasteiger partial charge in [0.1, 0.15) is 0 Å². The molecule has 1 aliphatic rings. The number of nitrogens with zero attached hydrogens (tertiary/aromatic N) is 1. The zero-order valence-electron chi connectivity index (χ0n) is 6.33.